The van der Waals surface area contributed by atoms with Crippen molar-refractivity contribution in [2.75, 3.05) is 6.54 Å². The number of benzene rings is 1. The van der Waals surface area contributed by atoms with Crippen molar-refractivity contribution in [2.24, 2.45) is 0 Å². The number of para-hydroxylation sites is 1. The minimum atomic E-state index is -0.197. The van der Waals surface area contributed by atoms with Crippen molar-refractivity contribution in [2.45, 2.75) is 26.3 Å². The van der Waals surface area contributed by atoms with E-state index in [0.29, 0.717) is 31.2 Å². The van der Waals surface area contributed by atoms with Gasteiger partial charge in [-0.2, -0.15) is 4.98 Å². The molecule has 0 bridgehead atoms. The number of carbonyl (C=O) groups excluding carboxylic acids is 1. The zero-order chi connectivity index (χ0) is 16.8. The standard InChI is InChI=1S/C17H19N5O2/c1-12-21-16(24-22-12)7-4-9-19-17(23)20-11-13-8-10-18-15-6-3-2-5-14(13)15/h2-3,5-6,8,10H,4,7,9,11H2,1H3,(H2,19,20,23). The molecule has 0 radical (unpaired) electrons. The summed E-state index contributed by atoms with van der Waals surface area (Å²) >= 11 is 0. The Bertz CT molecular complexity index is 825. The summed E-state index contributed by atoms with van der Waals surface area (Å²) in [5.74, 6) is 1.22. The molecular weight excluding hydrogens is 306 g/mol. The number of aryl methyl sites for hydroxylation is 2. The molecule has 24 heavy (non-hydrogen) atoms. The van der Waals surface area contributed by atoms with Crippen LogP contribution in [0.4, 0.5) is 4.79 Å². The van der Waals surface area contributed by atoms with Gasteiger partial charge in [-0.1, -0.05) is 23.4 Å². The second kappa shape index (κ2) is 7.54. The molecule has 0 aliphatic carbocycles. The second-order valence-electron chi connectivity index (χ2n) is 5.44. The highest BCUT2D eigenvalue weighted by Gasteiger charge is 2.05. The third-order valence-corrected chi connectivity index (χ3v) is 3.60. The topological polar surface area (TPSA) is 92.9 Å². The summed E-state index contributed by atoms with van der Waals surface area (Å²) in [5, 5.41) is 10.5. The third kappa shape index (κ3) is 4.07. The molecule has 7 nitrogen and oxygen atoms in total. The highest BCUT2D eigenvalue weighted by molar-refractivity contribution is 5.82. The van der Waals surface area contributed by atoms with Gasteiger partial charge in [0.25, 0.3) is 0 Å². The van der Waals surface area contributed by atoms with Gasteiger partial charge in [0.05, 0.1) is 5.52 Å². The number of urea groups is 1. The lowest BCUT2D eigenvalue weighted by Gasteiger charge is -2.09. The molecule has 0 spiro atoms. The molecule has 0 atom stereocenters. The molecule has 2 aromatic heterocycles. The Balaban J connectivity index is 1.43. The molecule has 0 aliphatic rings. The molecule has 124 valence electrons. The summed E-state index contributed by atoms with van der Waals surface area (Å²) in [6, 6.07) is 9.59. The molecular formula is C17H19N5O2. The van der Waals surface area contributed by atoms with E-state index in [2.05, 4.69) is 25.8 Å². The Hall–Kier alpha value is -2.96. The van der Waals surface area contributed by atoms with Gasteiger partial charge in [-0.3, -0.25) is 4.98 Å². The highest BCUT2D eigenvalue weighted by Crippen LogP contribution is 2.15. The van der Waals surface area contributed by atoms with Crippen LogP contribution in [0.3, 0.4) is 0 Å². The van der Waals surface area contributed by atoms with Crippen LogP contribution in [0.15, 0.2) is 41.1 Å². The van der Waals surface area contributed by atoms with E-state index in [9.17, 15) is 4.79 Å². The van der Waals surface area contributed by atoms with E-state index < -0.39 is 0 Å². The van der Waals surface area contributed by atoms with Crippen molar-refractivity contribution in [3.05, 3.63) is 53.8 Å². The molecule has 3 rings (SSSR count). The zero-order valence-corrected chi connectivity index (χ0v) is 13.5. The van der Waals surface area contributed by atoms with Gasteiger partial charge in [-0.05, 0) is 31.0 Å². The van der Waals surface area contributed by atoms with Crippen molar-refractivity contribution in [1.82, 2.24) is 25.8 Å². The molecule has 3 aromatic rings. The number of carbonyl (C=O) groups is 1. The summed E-state index contributed by atoms with van der Waals surface area (Å²) in [5.41, 5.74) is 1.96. The van der Waals surface area contributed by atoms with Gasteiger partial charge >= 0.3 is 6.03 Å². The van der Waals surface area contributed by atoms with Crippen molar-refractivity contribution in [3.63, 3.8) is 0 Å². The maximum absolute atomic E-state index is 11.9. The first-order valence-corrected chi connectivity index (χ1v) is 7.86. The van der Waals surface area contributed by atoms with Crippen molar-refractivity contribution < 1.29 is 9.32 Å². The fourth-order valence-corrected chi connectivity index (χ4v) is 2.43. The fourth-order valence-electron chi connectivity index (χ4n) is 2.43. The first kappa shape index (κ1) is 15.9. The lowest BCUT2D eigenvalue weighted by molar-refractivity contribution is 0.240. The fraction of sp³-hybridized carbons (Fsp3) is 0.294. The molecule has 0 aliphatic heterocycles. The van der Waals surface area contributed by atoms with E-state index in [4.69, 9.17) is 4.52 Å². The summed E-state index contributed by atoms with van der Waals surface area (Å²) in [7, 11) is 0. The van der Waals surface area contributed by atoms with Crippen LogP contribution in [-0.4, -0.2) is 27.7 Å². The monoisotopic (exact) mass is 325 g/mol. The van der Waals surface area contributed by atoms with Gasteiger partial charge in [-0.25, -0.2) is 4.79 Å². The van der Waals surface area contributed by atoms with E-state index in [1.54, 1.807) is 13.1 Å². The van der Waals surface area contributed by atoms with E-state index >= 15 is 0 Å². The molecule has 2 heterocycles. The average molecular weight is 325 g/mol. The number of fused-ring (bicyclic) bond motifs is 1. The number of hydrogen-bond acceptors (Lipinski definition) is 5. The third-order valence-electron chi connectivity index (χ3n) is 3.60. The maximum atomic E-state index is 11.9. The first-order valence-electron chi connectivity index (χ1n) is 7.86. The zero-order valence-electron chi connectivity index (χ0n) is 13.5. The molecule has 0 saturated carbocycles. The van der Waals surface area contributed by atoms with Crippen LogP contribution in [0.2, 0.25) is 0 Å². The number of nitrogens with one attached hydrogen (secondary N) is 2. The highest BCUT2D eigenvalue weighted by atomic mass is 16.5. The number of nitrogens with zero attached hydrogens (tertiary/aromatic N) is 3. The molecule has 2 amide bonds. The Morgan fingerprint density at radius 1 is 1.21 bits per heavy atom. The maximum Gasteiger partial charge on any atom is 0.315 e. The van der Waals surface area contributed by atoms with Crippen molar-refractivity contribution in [3.8, 4) is 0 Å². The Kier molecular flexibility index (Phi) is 5.00. The van der Waals surface area contributed by atoms with Gasteiger partial charge in [-0.15, -0.1) is 0 Å². The Labute approximate surface area is 139 Å². The largest absolute Gasteiger partial charge is 0.339 e. The van der Waals surface area contributed by atoms with Gasteiger partial charge in [0.1, 0.15) is 0 Å². The van der Waals surface area contributed by atoms with Crippen LogP contribution in [-0.2, 0) is 13.0 Å². The molecule has 7 heteroatoms. The Morgan fingerprint density at radius 3 is 2.92 bits per heavy atom. The van der Waals surface area contributed by atoms with Gasteiger partial charge in [0.2, 0.25) is 5.89 Å². The van der Waals surface area contributed by atoms with Crippen LogP contribution in [0.1, 0.15) is 23.7 Å². The minimum Gasteiger partial charge on any atom is -0.339 e. The molecule has 0 unspecified atom stereocenters. The van der Waals surface area contributed by atoms with Gasteiger partial charge in [0.15, 0.2) is 5.82 Å². The first-order chi connectivity index (χ1) is 11.7. The predicted octanol–water partition coefficient (Wildman–Crippen LogP) is 2.36. The van der Waals surface area contributed by atoms with Crippen molar-refractivity contribution >= 4 is 16.9 Å². The number of amides is 2. The minimum absolute atomic E-state index is 0.197. The van der Waals surface area contributed by atoms with Crippen LogP contribution in [0.25, 0.3) is 10.9 Å². The van der Waals surface area contributed by atoms with E-state index in [1.165, 1.54) is 0 Å². The molecule has 0 saturated heterocycles. The number of aromatic nitrogens is 3. The quantitative estimate of drug-likeness (QED) is 0.679. The van der Waals surface area contributed by atoms with Crippen LogP contribution in [0, 0.1) is 6.92 Å². The summed E-state index contributed by atoms with van der Waals surface area (Å²) in [4.78, 5) is 20.3. The molecule has 1 aromatic carbocycles. The lowest BCUT2D eigenvalue weighted by Crippen LogP contribution is -2.35. The van der Waals surface area contributed by atoms with Crippen LogP contribution >= 0.6 is 0 Å². The lowest BCUT2D eigenvalue weighted by atomic mass is 10.1. The molecule has 0 fully saturated rings. The summed E-state index contributed by atoms with van der Waals surface area (Å²) < 4.78 is 5.02. The Morgan fingerprint density at radius 2 is 2.08 bits per heavy atom. The molecule has 2 N–H and O–H groups in total. The summed E-state index contributed by atoms with van der Waals surface area (Å²) in [6.45, 7) is 2.78. The van der Waals surface area contributed by atoms with Crippen LogP contribution < -0.4 is 10.6 Å². The van der Waals surface area contributed by atoms with Gasteiger partial charge in [0, 0.05) is 31.1 Å². The van der Waals surface area contributed by atoms with E-state index in [-0.39, 0.29) is 6.03 Å². The van der Waals surface area contributed by atoms with E-state index in [1.807, 2.05) is 30.3 Å². The number of pyridine rings is 1. The van der Waals surface area contributed by atoms with Gasteiger partial charge < -0.3 is 15.2 Å². The summed E-state index contributed by atoms with van der Waals surface area (Å²) in [6.07, 6.45) is 3.15. The second-order valence-corrected chi connectivity index (χ2v) is 5.44. The normalized spacial score (nSPS) is 10.7. The smallest absolute Gasteiger partial charge is 0.315 e. The van der Waals surface area contributed by atoms with E-state index in [0.717, 1.165) is 22.9 Å². The predicted molar refractivity (Wildman–Crippen MR) is 89.3 cm³/mol. The SMILES string of the molecule is Cc1noc(CCCNC(=O)NCc2ccnc3ccccc23)n1. The van der Waals surface area contributed by atoms with Crippen molar-refractivity contribution in [1.29, 1.82) is 0 Å². The number of rotatable bonds is 6. The average Bonchev–Trinajstić information content (AvgIpc) is 3.02. The number of hydrogen-bond donors (Lipinski definition) is 2. The van der Waals surface area contributed by atoms with Crippen LogP contribution in [0.5, 0.6) is 0 Å².